The van der Waals surface area contributed by atoms with Crippen molar-refractivity contribution in [3.63, 3.8) is 0 Å². The van der Waals surface area contributed by atoms with Gasteiger partial charge in [-0.25, -0.2) is 5.43 Å². The summed E-state index contributed by atoms with van der Waals surface area (Å²) in [6.07, 6.45) is 1.88. The van der Waals surface area contributed by atoms with E-state index in [4.69, 9.17) is 9.47 Å². The Bertz CT molecular complexity index is 1130. The van der Waals surface area contributed by atoms with Crippen LogP contribution in [0.4, 0.5) is 0 Å². The summed E-state index contributed by atoms with van der Waals surface area (Å²) in [6.45, 7) is 4.52. The molecule has 0 aliphatic carbocycles. The molecule has 0 fully saturated rings. The van der Waals surface area contributed by atoms with E-state index in [1.54, 1.807) is 13.3 Å². The third-order valence-electron chi connectivity index (χ3n) is 4.89. The van der Waals surface area contributed by atoms with Gasteiger partial charge in [-0.1, -0.05) is 46.3 Å². The minimum absolute atomic E-state index is 0.166. The minimum Gasteiger partial charge on any atom is -0.493 e. The molecule has 0 saturated carbocycles. The van der Waals surface area contributed by atoms with Crippen molar-refractivity contribution in [1.82, 2.24) is 5.43 Å². The Kier molecular flexibility index (Phi) is 8.69. The number of methoxy groups -OCH3 is 1. The minimum atomic E-state index is -0.166. The zero-order chi connectivity index (χ0) is 23.1. The van der Waals surface area contributed by atoms with E-state index in [0.717, 1.165) is 24.7 Å². The lowest BCUT2D eigenvalue weighted by atomic mass is 10.0. The maximum Gasteiger partial charge on any atom is 0.244 e. The van der Waals surface area contributed by atoms with Crippen molar-refractivity contribution in [1.29, 1.82) is 0 Å². The van der Waals surface area contributed by atoms with Crippen molar-refractivity contribution in [2.75, 3.05) is 7.11 Å². The first kappa shape index (κ1) is 24.3. The number of ether oxygens (including phenoxy) is 2. The number of nitrogens with zero attached hydrogens (tertiary/aromatic N) is 1. The smallest absolute Gasteiger partial charge is 0.244 e. The number of benzene rings is 3. The second-order valence-corrected chi connectivity index (χ2v) is 9.42. The lowest BCUT2D eigenvalue weighted by Crippen LogP contribution is -2.19. The molecule has 3 rings (SSSR count). The normalized spacial score (nSPS) is 10.9. The third kappa shape index (κ3) is 6.80. The van der Waals surface area contributed by atoms with Crippen LogP contribution in [0.1, 0.15) is 27.8 Å². The molecule has 3 aromatic carbocycles. The standard InChI is InChI=1S/C25H24BrIN2O3/c1-16-4-5-19(10-17(16)2)13-24(30)29-28-14-20-11-22(27)25(23(12-20)31-3)32-15-18-6-8-21(26)9-7-18/h4-12,14H,13,15H2,1-3H3,(H,29,30)/b28-14-. The van der Waals surface area contributed by atoms with Crippen LogP contribution in [0.15, 0.2) is 64.2 Å². The fourth-order valence-electron chi connectivity index (χ4n) is 3.01. The summed E-state index contributed by atoms with van der Waals surface area (Å²) in [5.74, 6) is 1.12. The van der Waals surface area contributed by atoms with Gasteiger partial charge in [0.25, 0.3) is 0 Å². The first-order valence-electron chi connectivity index (χ1n) is 9.98. The number of carbonyl (C=O) groups is 1. The summed E-state index contributed by atoms with van der Waals surface area (Å²) in [6, 6.07) is 17.7. The average Bonchev–Trinajstić information content (AvgIpc) is 2.76. The number of amides is 1. The van der Waals surface area contributed by atoms with Crippen LogP contribution in [0.3, 0.4) is 0 Å². The van der Waals surface area contributed by atoms with Crippen LogP contribution in [-0.4, -0.2) is 19.2 Å². The molecular formula is C25H24BrIN2O3. The summed E-state index contributed by atoms with van der Waals surface area (Å²) >= 11 is 5.64. The van der Waals surface area contributed by atoms with Crippen LogP contribution in [0.5, 0.6) is 11.5 Å². The molecule has 0 saturated heterocycles. The van der Waals surface area contributed by atoms with Gasteiger partial charge in [-0.3, -0.25) is 4.79 Å². The largest absolute Gasteiger partial charge is 0.493 e. The highest BCUT2D eigenvalue weighted by atomic mass is 127. The van der Waals surface area contributed by atoms with Crippen LogP contribution >= 0.6 is 38.5 Å². The lowest BCUT2D eigenvalue weighted by molar-refractivity contribution is -0.120. The monoisotopic (exact) mass is 606 g/mol. The second-order valence-electron chi connectivity index (χ2n) is 7.34. The summed E-state index contributed by atoms with van der Waals surface area (Å²) in [4.78, 5) is 12.2. The van der Waals surface area contributed by atoms with E-state index in [0.29, 0.717) is 18.1 Å². The van der Waals surface area contributed by atoms with Crippen molar-refractivity contribution in [3.05, 3.63) is 90.5 Å². The van der Waals surface area contributed by atoms with Gasteiger partial charge in [0.1, 0.15) is 6.61 Å². The average molecular weight is 607 g/mol. The Hall–Kier alpha value is -2.39. The molecule has 0 aliphatic heterocycles. The van der Waals surface area contributed by atoms with Crippen LogP contribution in [0.2, 0.25) is 0 Å². The van der Waals surface area contributed by atoms with E-state index >= 15 is 0 Å². The second kappa shape index (κ2) is 11.5. The molecule has 0 atom stereocenters. The Morgan fingerprint density at radius 1 is 1.06 bits per heavy atom. The fraction of sp³-hybridized carbons (Fsp3) is 0.200. The predicted molar refractivity (Wildman–Crippen MR) is 140 cm³/mol. The van der Waals surface area contributed by atoms with Gasteiger partial charge in [-0.2, -0.15) is 5.10 Å². The predicted octanol–water partition coefficient (Wildman–Crippen LogP) is 5.95. The molecule has 3 aromatic rings. The van der Waals surface area contributed by atoms with Crippen molar-refractivity contribution in [2.24, 2.45) is 5.10 Å². The van der Waals surface area contributed by atoms with Gasteiger partial charge in [-0.05, 0) is 88.5 Å². The number of rotatable bonds is 8. The molecule has 0 aliphatic rings. The van der Waals surface area contributed by atoms with Crippen molar-refractivity contribution < 1.29 is 14.3 Å². The fourth-order valence-corrected chi connectivity index (χ4v) is 4.05. The number of hydrazone groups is 1. The van der Waals surface area contributed by atoms with Crippen molar-refractivity contribution in [2.45, 2.75) is 26.9 Å². The molecule has 0 radical (unpaired) electrons. The summed E-state index contributed by atoms with van der Waals surface area (Å²) < 4.78 is 13.4. The molecular weight excluding hydrogens is 583 g/mol. The zero-order valence-corrected chi connectivity index (χ0v) is 21.9. The molecule has 0 heterocycles. The van der Waals surface area contributed by atoms with E-state index in [1.165, 1.54) is 11.1 Å². The molecule has 166 valence electrons. The van der Waals surface area contributed by atoms with E-state index in [2.05, 4.69) is 56.0 Å². The maximum absolute atomic E-state index is 12.2. The highest BCUT2D eigenvalue weighted by Crippen LogP contribution is 2.34. The van der Waals surface area contributed by atoms with Gasteiger partial charge in [-0.15, -0.1) is 0 Å². The Morgan fingerprint density at radius 2 is 1.78 bits per heavy atom. The molecule has 0 aromatic heterocycles. The van der Waals surface area contributed by atoms with Crippen LogP contribution in [-0.2, 0) is 17.8 Å². The van der Waals surface area contributed by atoms with E-state index < -0.39 is 0 Å². The first-order chi connectivity index (χ1) is 15.4. The number of halogens is 2. The molecule has 7 heteroatoms. The number of hydrogen-bond donors (Lipinski definition) is 1. The quantitative estimate of drug-likeness (QED) is 0.196. The first-order valence-corrected chi connectivity index (χ1v) is 11.9. The highest BCUT2D eigenvalue weighted by molar-refractivity contribution is 14.1. The van der Waals surface area contributed by atoms with Gasteiger partial charge in [0.05, 0.1) is 23.3 Å². The van der Waals surface area contributed by atoms with Gasteiger partial charge in [0.15, 0.2) is 11.5 Å². The van der Waals surface area contributed by atoms with Gasteiger partial charge in [0, 0.05) is 4.47 Å². The SMILES string of the molecule is COc1cc(/C=N\NC(=O)Cc2ccc(C)c(C)c2)cc(I)c1OCc1ccc(Br)cc1. The highest BCUT2D eigenvalue weighted by Gasteiger charge is 2.12. The summed E-state index contributed by atoms with van der Waals surface area (Å²) in [5, 5.41) is 4.10. The Balaban J connectivity index is 1.62. The van der Waals surface area contributed by atoms with Crippen molar-refractivity contribution >= 4 is 50.6 Å². The van der Waals surface area contributed by atoms with Gasteiger partial charge in [0.2, 0.25) is 5.91 Å². The maximum atomic E-state index is 12.2. The summed E-state index contributed by atoms with van der Waals surface area (Å²) in [5.41, 5.74) is 7.79. The van der Waals surface area contributed by atoms with Gasteiger partial charge >= 0.3 is 0 Å². The molecule has 0 unspecified atom stereocenters. The number of nitrogens with one attached hydrogen (secondary N) is 1. The Morgan fingerprint density at radius 3 is 2.47 bits per heavy atom. The van der Waals surface area contributed by atoms with E-state index in [1.807, 2.05) is 61.5 Å². The number of aryl methyl sites for hydroxylation is 2. The van der Waals surface area contributed by atoms with Gasteiger partial charge < -0.3 is 9.47 Å². The molecule has 0 bridgehead atoms. The molecule has 0 spiro atoms. The van der Waals surface area contributed by atoms with Crippen LogP contribution in [0, 0.1) is 17.4 Å². The molecule has 1 amide bonds. The molecule has 5 nitrogen and oxygen atoms in total. The number of hydrogen-bond acceptors (Lipinski definition) is 4. The third-order valence-corrected chi connectivity index (χ3v) is 6.22. The lowest BCUT2D eigenvalue weighted by Gasteiger charge is -2.13. The molecule has 1 N–H and O–H groups in total. The van der Waals surface area contributed by atoms with Crippen molar-refractivity contribution in [3.8, 4) is 11.5 Å². The van der Waals surface area contributed by atoms with E-state index in [9.17, 15) is 4.79 Å². The topological polar surface area (TPSA) is 59.9 Å². The zero-order valence-electron chi connectivity index (χ0n) is 18.1. The molecule has 32 heavy (non-hydrogen) atoms. The van der Waals surface area contributed by atoms with Crippen LogP contribution < -0.4 is 14.9 Å². The number of carbonyl (C=O) groups excluding carboxylic acids is 1. The Labute approximate surface area is 210 Å². The van der Waals surface area contributed by atoms with Crippen LogP contribution in [0.25, 0.3) is 0 Å². The summed E-state index contributed by atoms with van der Waals surface area (Å²) in [7, 11) is 1.60. The van der Waals surface area contributed by atoms with E-state index in [-0.39, 0.29) is 12.3 Å².